The van der Waals surface area contributed by atoms with Crippen molar-refractivity contribution in [2.45, 2.75) is 23.8 Å². The highest BCUT2D eigenvalue weighted by Gasteiger charge is 2.12. The third kappa shape index (κ3) is 3.22. The molecule has 1 aromatic heterocycles. The molecule has 0 aliphatic rings. The summed E-state index contributed by atoms with van der Waals surface area (Å²) < 4.78 is 5.10. The van der Waals surface area contributed by atoms with Crippen molar-refractivity contribution in [3.63, 3.8) is 0 Å². The van der Waals surface area contributed by atoms with Gasteiger partial charge in [-0.3, -0.25) is 0 Å². The van der Waals surface area contributed by atoms with Gasteiger partial charge in [-0.25, -0.2) is 4.98 Å². The fourth-order valence-electron chi connectivity index (χ4n) is 1.49. The number of aliphatic hydroxyl groups excluding tert-OH is 1. The molecule has 0 spiro atoms. The molecule has 0 aliphatic carbocycles. The first-order valence-electron chi connectivity index (χ1n) is 5.68. The van der Waals surface area contributed by atoms with Crippen LogP contribution in [0.2, 0.25) is 0 Å². The Morgan fingerprint density at radius 1 is 1.44 bits per heavy atom. The Morgan fingerprint density at radius 2 is 2.22 bits per heavy atom. The van der Waals surface area contributed by atoms with Crippen LogP contribution in [0.15, 0.2) is 28.6 Å². The minimum atomic E-state index is -0.579. The minimum absolute atomic E-state index is 0.534. The Balaban J connectivity index is 1.96. The molecule has 4 nitrogen and oxygen atoms in total. The molecule has 0 aliphatic heterocycles. The van der Waals surface area contributed by atoms with E-state index in [1.165, 1.54) is 23.3 Å². The van der Waals surface area contributed by atoms with Crippen molar-refractivity contribution in [2.75, 3.05) is 11.5 Å². The number of anilines is 1. The van der Waals surface area contributed by atoms with Crippen LogP contribution in [0.4, 0.5) is 5.69 Å². The standard InChI is InChI=1S/C12H15N3OS2/c1-2-11-14-12(18-15-11)17-7-10(16)8-5-3-4-6-9(8)13/h3-6,10,16H,2,7,13H2,1H3. The molecule has 2 rings (SSSR count). The Hall–Kier alpha value is -1.11. The molecule has 3 N–H and O–H groups in total. The van der Waals surface area contributed by atoms with E-state index in [0.29, 0.717) is 11.4 Å². The highest BCUT2D eigenvalue weighted by Crippen LogP contribution is 2.28. The first-order valence-corrected chi connectivity index (χ1v) is 7.44. The summed E-state index contributed by atoms with van der Waals surface area (Å²) in [4.78, 5) is 4.34. The molecule has 2 aromatic rings. The third-order valence-corrected chi connectivity index (χ3v) is 4.43. The average molecular weight is 281 g/mol. The summed E-state index contributed by atoms with van der Waals surface area (Å²) in [7, 11) is 0. The number of aryl methyl sites for hydroxylation is 1. The van der Waals surface area contributed by atoms with Gasteiger partial charge in [0.1, 0.15) is 5.82 Å². The molecule has 0 amide bonds. The van der Waals surface area contributed by atoms with Crippen LogP contribution < -0.4 is 5.73 Å². The van der Waals surface area contributed by atoms with Gasteiger partial charge in [-0.2, -0.15) is 4.37 Å². The van der Waals surface area contributed by atoms with Crippen molar-refractivity contribution in [1.82, 2.24) is 9.36 Å². The number of para-hydroxylation sites is 1. The van der Waals surface area contributed by atoms with Crippen molar-refractivity contribution in [3.05, 3.63) is 35.7 Å². The lowest BCUT2D eigenvalue weighted by atomic mass is 10.1. The summed E-state index contributed by atoms with van der Waals surface area (Å²) in [5, 5.41) is 10.1. The van der Waals surface area contributed by atoms with Gasteiger partial charge in [0.05, 0.1) is 6.10 Å². The monoisotopic (exact) mass is 281 g/mol. The molecule has 1 atom stereocenters. The van der Waals surface area contributed by atoms with Gasteiger partial charge in [-0.05, 0) is 17.6 Å². The molecule has 1 aromatic carbocycles. The number of nitrogen functional groups attached to an aromatic ring is 1. The Morgan fingerprint density at radius 3 is 2.89 bits per heavy atom. The maximum atomic E-state index is 10.1. The van der Waals surface area contributed by atoms with Gasteiger partial charge in [0.15, 0.2) is 4.34 Å². The first kappa shape index (κ1) is 13.3. The molecule has 0 fully saturated rings. The Labute approximate surface area is 114 Å². The fourth-order valence-corrected chi connectivity index (χ4v) is 3.17. The summed E-state index contributed by atoms with van der Waals surface area (Å²) in [6, 6.07) is 7.37. The van der Waals surface area contributed by atoms with E-state index in [1.54, 1.807) is 6.07 Å². The summed E-state index contributed by atoms with van der Waals surface area (Å²) in [5.41, 5.74) is 7.21. The number of nitrogens with two attached hydrogens (primary N) is 1. The zero-order chi connectivity index (χ0) is 13.0. The topological polar surface area (TPSA) is 72.0 Å². The fraction of sp³-hybridized carbons (Fsp3) is 0.333. The SMILES string of the molecule is CCc1nsc(SCC(O)c2ccccc2N)n1. The zero-order valence-electron chi connectivity index (χ0n) is 10.0. The predicted octanol–water partition coefficient (Wildman–Crippen LogP) is 2.51. The van der Waals surface area contributed by atoms with Gasteiger partial charge < -0.3 is 10.8 Å². The second-order valence-corrected chi connectivity index (χ2v) is 5.80. The van der Waals surface area contributed by atoms with E-state index in [0.717, 1.165) is 22.1 Å². The lowest BCUT2D eigenvalue weighted by molar-refractivity contribution is 0.205. The van der Waals surface area contributed by atoms with Crippen molar-refractivity contribution >= 4 is 29.0 Å². The first-order chi connectivity index (χ1) is 8.70. The molecule has 0 radical (unpaired) electrons. The number of aromatic nitrogens is 2. The van der Waals surface area contributed by atoms with E-state index in [-0.39, 0.29) is 0 Å². The number of hydrogen-bond acceptors (Lipinski definition) is 6. The summed E-state index contributed by atoms with van der Waals surface area (Å²) >= 11 is 2.88. The van der Waals surface area contributed by atoms with E-state index in [4.69, 9.17) is 5.73 Å². The van der Waals surface area contributed by atoms with Crippen LogP contribution in [0.1, 0.15) is 24.4 Å². The van der Waals surface area contributed by atoms with Gasteiger partial charge in [-0.1, -0.05) is 36.9 Å². The second-order valence-electron chi connectivity index (χ2n) is 3.79. The lowest BCUT2D eigenvalue weighted by Crippen LogP contribution is -2.04. The molecule has 1 unspecified atom stereocenters. The molecule has 1 heterocycles. The number of aliphatic hydroxyl groups is 1. The van der Waals surface area contributed by atoms with E-state index < -0.39 is 6.10 Å². The van der Waals surface area contributed by atoms with Crippen LogP contribution in [-0.2, 0) is 6.42 Å². The molecule has 0 saturated heterocycles. The highest BCUT2D eigenvalue weighted by atomic mass is 32.2. The quantitative estimate of drug-likeness (QED) is 0.651. The minimum Gasteiger partial charge on any atom is -0.398 e. The van der Waals surface area contributed by atoms with Crippen LogP contribution in [0.5, 0.6) is 0 Å². The number of benzene rings is 1. The maximum absolute atomic E-state index is 10.1. The largest absolute Gasteiger partial charge is 0.398 e. The molecular weight excluding hydrogens is 266 g/mol. The van der Waals surface area contributed by atoms with Crippen LogP contribution in [-0.4, -0.2) is 20.2 Å². The molecule has 6 heteroatoms. The van der Waals surface area contributed by atoms with Crippen LogP contribution in [0.3, 0.4) is 0 Å². The predicted molar refractivity (Wildman–Crippen MR) is 75.8 cm³/mol. The van der Waals surface area contributed by atoms with E-state index >= 15 is 0 Å². The second kappa shape index (κ2) is 6.17. The maximum Gasteiger partial charge on any atom is 0.170 e. The third-order valence-electron chi connectivity index (χ3n) is 2.49. The molecule has 0 bridgehead atoms. The number of rotatable bonds is 5. The van der Waals surface area contributed by atoms with Crippen LogP contribution in [0.25, 0.3) is 0 Å². The summed E-state index contributed by atoms with van der Waals surface area (Å²) in [5.74, 6) is 1.39. The Bertz CT molecular complexity index is 516. The van der Waals surface area contributed by atoms with Gasteiger partial charge >= 0.3 is 0 Å². The van der Waals surface area contributed by atoms with Crippen LogP contribution in [0, 0.1) is 0 Å². The molecular formula is C12H15N3OS2. The summed E-state index contributed by atoms with van der Waals surface area (Å²) in [6.45, 7) is 2.02. The number of hydrogen-bond donors (Lipinski definition) is 2. The zero-order valence-corrected chi connectivity index (χ0v) is 11.7. The average Bonchev–Trinajstić information content (AvgIpc) is 2.84. The normalized spacial score (nSPS) is 12.6. The van der Waals surface area contributed by atoms with Crippen molar-refractivity contribution in [2.24, 2.45) is 0 Å². The van der Waals surface area contributed by atoms with Gasteiger partial charge in [0.2, 0.25) is 0 Å². The number of nitrogens with zero attached hydrogens (tertiary/aromatic N) is 2. The van der Waals surface area contributed by atoms with E-state index in [9.17, 15) is 5.11 Å². The molecule has 96 valence electrons. The van der Waals surface area contributed by atoms with Gasteiger partial charge in [0, 0.05) is 23.4 Å². The molecule has 0 saturated carbocycles. The molecule has 18 heavy (non-hydrogen) atoms. The van der Waals surface area contributed by atoms with E-state index in [2.05, 4.69) is 9.36 Å². The number of thioether (sulfide) groups is 1. The lowest BCUT2D eigenvalue weighted by Gasteiger charge is -2.11. The van der Waals surface area contributed by atoms with Crippen LogP contribution >= 0.6 is 23.3 Å². The van der Waals surface area contributed by atoms with Gasteiger partial charge in [0.25, 0.3) is 0 Å². The Kier molecular flexibility index (Phi) is 4.57. The van der Waals surface area contributed by atoms with Gasteiger partial charge in [-0.15, -0.1) is 0 Å². The summed E-state index contributed by atoms with van der Waals surface area (Å²) in [6.07, 6.45) is 0.260. The van der Waals surface area contributed by atoms with Crippen molar-refractivity contribution in [1.29, 1.82) is 0 Å². The van der Waals surface area contributed by atoms with E-state index in [1.807, 2.05) is 25.1 Å². The smallest absolute Gasteiger partial charge is 0.170 e. The van der Waals surface area contributed by atoms with Crippen molar-refractivity contribution in [3.8, 4) is 0 Å². The van der Waals surface area contributed by atoms with Crippen molar-refractivity contribution < 1.29 is 5.11 Å². The highest BCUT2D eigenvalue weighted by molar-refractivity contribution is 8.00.